The Bertz CT molecular complexity index is 470. The molecule has 0 bridgehead atoms. The van der Waals surface area contributed by atoms with Crippen LogP contribution in [0, 0.1) is 6.92 Å². The third-order valence-corrected chi connectivity index (χ3v) is 1.94. The molecule has 0 fully saturated rings. The van der Waals surface area contributed by atoms with E-state index in [0.29, 0.717) is 11.3 Å². The van der Waals surface area contributed by atoms with Gasteiger partial charge >= 0.3 is 6.18 Å². The lowest BCUT2D eigenvalue weighted by Gasteiger charge is -2.05. The predicted octanol–water partition coefficient (Wildman–Crippen LogP) is 2.89. The zero-order valence-corrected chi connectivity index (χ0v) is 7.31. The van der Waals surface area contributed by atoms with Gasteiger partial charge in [-0.1, -0.05) is 6.07 Å². The first-order valence-electron chi connectivity index (χ1n) is 4.01. The number of hydrogen-bond donors (Lipinski definition) is 1. The molecule has 0 atom stereocenters. The Kier molecular flexibility index (Phi) is 1.77. The van der Waals surface area contributed by atoms with Crippen LogP contribution in [0.15, 0.2) is 18.2 Å². The van der Waals surface area contributed by atoms with Gasteiger partial charge in [0, 0.05) is 0 Å². The molecule has 2 aromatic rings. The van der Waals surface area contributed by atoms with Crippen LogP contribution in [0.3, 0.4) is 0 Å². The average Bonchev–Trinajstić information content (AvgIpc) is 2.41. The molecule has 1 N–H and O–H groups in total. The van der Waals surface area contributed by atoms with Gasteiger partial charge in [-0.05, 0) is 19.1 Å². The summed E-state index contributed by atoms with van der Waals surface area (Å²) in [4.78, 5) is 6.56. The van der Waals surface area contributed by atoms with E-state index >= 15 is 0 Å². The van der Waals surface area contributed by atoms with Gasteiger partial charge in [-0.25, -0.2) is 4.98 Å². The number of benzene rings is 1. The molecule has 0 aliphatic carbocycles. The van der Waals surface area contributed by atoms with Crippen molar-refractivity contribution in [2.45, 2.75) is 13.1 Å². The lowest BCUT2D eigenvalue weighted by Crippen LogP contribution is -2.05. The molecule has 1 heterocycles. The number of fused-ring (bicyclic) bond motifs is 1. The molecule has 74 valence electrons. The molecular weight excluding hydrogens is 193 g/mol. The second-order valence-corrected chi connectivity index (χ2v) is 3.02. The molecule has 0 saturated carbocycles. The van der Waals surface area contributed by atoms with Crippen molar-refractivity contribution in [3.8, 4) is 0 Å². The normalized spacial score (nSPS) is 12.3. The van der Waals surface area contributed by atoms with Gasteiger partial charge < -0.3 is 4.98 Å². The summed E-state index contributed by atoms with van der Waals surface area (Å²) in [6.07, 6.45) is -4.35. The van der Waals surface area contributed by atoms with E-state index in [1.807, 2.05) is 0 Å². The van der Waals surface area contributed by atoms with Crippen LogP contribution in [0.25, 0.3) is 11.0 Å². The van der Waals surface area contributed by atoms with Crippen molar-refractivity contribution in [3.05, 3.63) is 29.6 Å². The lowest BCUT2D eigenvalue weighted by molar-refractivity contribution is -0.136. The lowest BCUT2D eigenvalue weighted by atomic mass is 10.2. The maximum absolute atomic E-state index is 12.5. The number of imidazole rings is 1. The van der Waals surface area contributed by atoms with E-state index in [0.717, 1.165) is 6.07 Å². The number of rotatable bonds is 0. The van der Waals surface area contributed by atoms with Crippen molar-refractivity contribution >= 4 is 11.0 Å². The van der Waals surface area contributed by atoms with Gasteiger partial charge in [-0.15, -0.1) is 0 Å². The van der Waals surface area contributed by atoms with E-state index in [1.54, 1.807) is 13.0 Å². The van der Waals surface area contributed by atoms with Gasteiger partial charge in [0.1, 0.15) is 11.3 Å². The summed E-state index contributed by atoms with van der Waals surface area (Å²) in [5.41, 5.74) is -0.297. The summed E-state index contributed by atoms with van der Waals surface area (Å²) >= 11 is 0. The minimum atomic E-state index is -4.35. The summed E-state index contributed by atoms with van der Waals surface area (Å²) in [6.45, 7) is 1.63. The smallest absolute Gasteiger partial charge is 0.342 e. The van der Waals surface area contributed by atoms with E-state index in [1.165, 1.54) is 6.07 Å². The highest BCUT2D eigenvalue weighted by atomic mass is 19.4. The third kappa shape index (κ3) is 1.34. The van der Waals surface area contributed by atoms with E-state index < -0.39 is 11.7 Å². The molecule has 0 radical (unpaired) electrons. The largest absolute Gasteiger partial charge is 0.418 e. The Morgan fingerprint density at radius 1 is 1.29 bits per heavy atom. The summed E-state index contributed by atoms with van der Waals surface area (Å²) in [6, 6.07) is 3.97. The van der Waals surface area contributed by atoms with Crippen LogP contribution in [0.2, 0.25) is 0 Å². The van der Waals surface area contributed by atoms with Crippen LogP contribution in [0.1, 0.15) is 11.4 Å². The summed E-state index contributed by atoms with van der Waals surface area (Å²) < 4.78 is 37.4. The van der Waals surface area contributed by atoms with E-state index in [-0.39, 0.29) is 5.52 Å². The van der Waals surface area contributed by atoms with E-state index in [9.17, 15) is 13.2 Å². The van der Waals surface area contributed by atoms with Crippen LogP contribution in [-0.2, 0) is 6.18 Å². The van der Waals surface area contributed by atoms with Crippen LogP contribution in [-0.4, -0.2) is 9.97 Å². The number of aromatic nitrogens is 2. The molecule has 0 unspecified atom stereocenters. The Balaban J connectivity index is 2.77. The van der Waals surface area contributed by atoms with Gasteiger partial charge in [0.25, 0.3) is 0 Å². The standard InChI is InChI=1S/C9H7F3N2/c1-5-13-7-4-2-3-6(8(7)14-5)9(10,11)12/h2-4H,1H3,(H,13,14). The molecule has 1 aromatic carbocycles. The zero-order chi connectivity index (χ0) is 10.3. The minimum absolute atomic E-state index is 0.0162. The number of halogens is 3. The monoisotopic (exact) mass is 200 g/mol. The first-order valence-corrected chi connectivity index (χ1v) is 4.01. The Labute approximate surface area is 77.8 Å². The van der Waals surface area contributed by atoms with Crippen molar-refractivity contribution < 1.29 is 13.2 Å². The fourth-order valence-electron chi connectivity index (χ4n) is 1.38. The molecule has 0 saturated heterocycles. The van der Waals surface area contributed by atoms with Crippen molar-refractivity contribution in [1.82, 2.24) is 9.97 Å². The number of alkyl halides is 3. The fraction of sp³-hybridized carbons (Fsp3) is 0.222. The summed E-state index contributed by atoms with van der Waals surface area (Å²) in [5, 5.41) is 0. The summed E-state index contributed by atoms with van der Waals surface area (Å²) in [7, 11) is 0. The van der Waals surface area contributed by atoms with Crippen LogP contribution in [0.5, 0.6) is 0 Å². The second kappa shape index (κ2) is 2.73. The first-order chi connectivity index (χ1) is 6.48. The molecular formula is C9H7F3N2. The Morgan fingerprint density at radius 2 is 2.00 bits per heavy atom. The topological polar surface area (TPSA) is 28.7 Å². The van der Waals surface area contributed by atoms with Crippen LogP contribution >= 0.6 is 0 Å². The fourth-order valence-corrected chi connectivity index (χ4v) is 1.38. The SMILES string of the molecule is Cc1nc2c(C(F)(F)F)cccc2[nH]1. The number of aryl methyl sites for hydroxylation is 1. The van der Waals surface area contributed by atoms with Gasteiger partial charge in [0.05, 0.1) is 11.1 Å². The van der Waals surface area contributed by atoms with Crippen LogP contribution in [0.4, 0.5) is 13.2 Å². The van der Waals surface area contributed by atoms with Gasteiger partial charge in [-0.3, -0.25) is 0 Å². The molecule has 0 spiro atoms. The van der Waals surface area contributed by atoms with Crippen molar-refractivity contribution in [2.24, 2.45) is 0 Å². The van der Waals surface area contributed by atoms with E-state index in [2.05, 4.69) is 9.97 Å². The van der Waals surface area contributed by atoms with Gasteiger partial charge in [0.15, 0.2) is 0 Å². The molecule has 14 heavy (non-hydrogen) atoms. The highest BCUT2D eigenvalue weighted by Crippen LogP contribution is 2.33. The summed E-state index contributed by atoms with van der Waals surface area (Å²) in [5.74, 6) is 0.483. The van der Waals surface area contributed by atoms with Crippen molar-refractivity contribution in [3.63, 3.8) is 0 Å². The molecule has 2 nitrogen and oxygen atoms in total. The van der Waals surface area contributed by atoms with Crippen LogP contribution < -0.4 is 0 Å². The zero-order valence-electron chi connectivity index (χ0n) is 7.31. The maximum atomic E-state index is 12.5. The van der Waals surface area contributed by atoms with Crippen molar-refractivity contribution in [2.75, 3.05) is 0 Å². The number of aromatic amines is 1. The van der Waals surface area contributed by atoms with Gasteiger partial charge in [0.2, 0.25) is 0 Å². The molecule has 1 aromatic heterocycles. The highest BCUT2D eigenvalue weighted by molar-refractivity contribution is 5.79. The van der Waals surface area contributed by atoms with E-state index in [4.69, 9.17) is 0 Å². The quantitative estimate of drug-likeness (QED) is 0.695. The number of nitrogens with zero attached hydrogens (tertiary/aromatic N) is 1. The number of nitrogens with one attached hydrogen (secondary N) is 1. The third-order valence-electron chi connectivity index (χ3n) is 1.94. The molecule has 0 aliphatic rings. The number of hydrogen-bond acceptors (Lipinski definition) is 1. The molecule has 0 aliphatic heterocycles. The average molecular weight is 200 g/mol. The molecule has 5 heteroatoms. The first kappa shape index (κ1) is 9.05. The number of H-pyrrole nitrogens is 1. The predicted molar refractivity (Wildman–Crippen MR) is 45.8 cm³/mol. The Morgan fingerprint density at radius 3 is 2.64 bits per heavy atom. The second-order valence-electron chi connectivity index (χ2n) is 3.02. The minimum Gasteiger partial charge on any atom is -0.342 e. The van der Waals surface area contributed by atoms with Crippen molar-refractivity contribution in [1.29, 1.82) is 0 Å². The maximum Gasteiger partial charge on any atom is 0.418 e. The molecule has 0 amide bonds. The molecule has 2 rings (SSSR count). The van der Waals surface area contributed by atoms with Gasteiger partial charge in [-0.2, -0.15) is 13.2 Å². The number of para-hydroxylation sites is 1. The Hall–Kier alpha value is -1.52. The highest BCUT2D eigenvalue weighted by Gasteiger charge is 2.33.